The number of benzene rings is 1. The van der Waals surface area contributed by atoms with Gasteiger partial charge in [0.2, 0.25) is 0 Å². The summed E-state index contributed by atoms with van der Waals surface area (Å²) in [5.41, 5.74) is 7.53. The molecule has 0 aromatic heterocycles. The van der Waals surface area contributed by atoms with Gasteiger partial charge in [0.05, 0.1) is 0 Å². The van der Waals surface area contributed by atoms with E-state index in [0.717, 1.165) is 24.1 Å². The van der Waals surface area contributed by atoms with Crippen molar-refractivity contribution in [2.45, 2.75) is 39.2 Å². The highest BCUT2D eigenvalue weighted by molar-refractivity contribution is 5.81. The highest BCUT2D eigenvalue weighted by Crippen LogP contribution is 2.16. The molecule has 104 valence electrons. The summed E-state index contributed by atoms with van der Waals surface area (Å²) in [5, 5.41) is 0. The highest BCUT2D eigenvalue weighted by Gasteiger charge is 2.14. The lowest BCUT2D eigenvalue weighted by Crippen LogP contribution is -2.20. The van der Waals surface area contributed by atoms with Gasteiger partial charge in [0.25, 0.3) is 0 Å². The van der Waals surface area contributed by atoms with Crippen LogP contribution in [0.1, 0.15) is 32.3 Å². The van der Waals surface area contributed by atoms with Crippen LogP contribution in [-0.4, -0.2) is 12.1 Å². The van der Waals surface area contributed by atoms with E-state index in [9.17, 15) is 4.79 Å². The maximum atomic E-state index is 11.4. The van der Waals surface area contributed by atoms with Crippen molar-refractivity contribution < 1.29 is 9.53 Å². The molecule has 0 aliphatic heterocycles. The van der Waals surface area contributed by atoms with E-state index in [4.69, 9.17) is 10.5 Å². The summed E-state index contributed by atoms with van der Waals surface area (Å²) >= 11 is 0. The minimum Gasteiger partial charge on any atom is -0.459 e. The minimum atomic E-state index is -0.357. The van der Waals surface area contributed by atoms with Crippen molar-refractivity contribution in [2.24, 2.45) is 5.92 Å². The Bertz CT molecular complexity index is 409. The second-order valence-corrected chi connectivity index (χ2v) is 5.18. The van der Waals surface area contributed by atoms with Crippen molar-refractivity contribution in [3.8, 4) is 0 Å². The first kappa shape index (κ1) is 15.3. The zero-order valence-corrected chi connectivity index (χ0v) is 11.8. The molecular weight excluding hydrogens is 238 g/mol. The van der Waals surface area contributed by atoms with Crippen LogP contribution in [0.3, 0.4) is 0 Å². The van der Waals surface area contributed by atoms with E-state index in [1.54, 1.807) is 0 Å². The summed E-state index contributed by atoms with van der Waals surface area (Å²) in [4.78, 5) is 11.4. The second kappa shape index (κ2) is 7.62. The first-order chi connectivity index (χ1) is 9.01. The predicted octanol–water partition coefficient (Wildman–Crippen LogP) is 3.35. The van der Waals surface area contributed by atoms with Gasteiger partial charge in [0, 0.05) is 18.2 Å². The molecule has 0 fully saturated rings. The van der Waals surface area contributed by atoms with E-state index in [1.807, 2.05) is 24.3 Å². The van der Waals surface area contributed by atoms with Gasteiger partial charge >= 0.3 is 5.97 Å². The molecule has 1 unspecified atom stereocenters. The van der Waals surface area contributed by atoms with Gasteiger partial charge in [-0.2, -0.15) is 0 Å². The van der Waals surface area contributed by atoms with Crippen LogP contribution in [0, 0.1) is 5.92 Å². The zero-order chi connectivity index (χ0) is 14.3. The topological polar surface area (TPSA) is 52.3 Å². The van der Waals surface area contributed by atoms with Crippen molar-refractivity contribution in [1.82, 2.24) is 0 Å². The number of carbonyl (C=O) groups excluding carboxylic acids is 1. The normalized spacial score (nSPS) is 12.2. The zero-order valence-electron chi connectivity index (χ0n) is 11.8. The van der Waals surface area contributed by atoms with Crippen molar-refractivity contribution >= 4 is 11.7 Å². The Labute approximate surface area is 115 Å². The lowest BCUT2D eigenvalue weighted by molar-refractivity contribution is -0.143. The van der Waals surface area contributed by atoms with E-state index in [0.29, 0.717) is 12.3 Å². The van der Waals surface area contributed by atoms with Crippen molar-refractivity contribution in [1.29, 1.82) is 0 Å². The molecule has 2 N–H and O–H groups in total. The molecule has 0 heterocycles. The summed E-state index contributed by atoms with van der Waals surface area (Å²) in [6.07, 6.45) is 3.72. The molecule has 0 aliphatic rings. The molecule has 19 heavy (non-hydrogen) atoms. The number of carbonyl (C=O) groups is 1. The molecule has 0 amide bonds. The third-order valence-corrected chi connectivity index (χ3v) is 2.96. The van der Waals surface area contributed by atoms with Crippen LogP contribution in [0.4, 0.5) is 5.69 Å². The lowest BCUT2D eigenvalue weighted by atomic mass is 9.99. The number of hydrogen-bond acceptors (Lipinski definition) is 3. The Hall–Kier alpha value is -1.77. The van der Waals surface area contributed by atoms with E-state index in [2.05, 4.69) is 20.4 Å². The van der Waals surface area contributed by atoms with E-state index >= 15 is 0 Å². The van der Waals surface area contributed by atoms with Crippen LogP contribution in [-0.2, 0) is 16.0 Å². The fourth-order valence-electron chi connectivity index (χ4n) is 1.85. The predicted molar refractivity (Wildman–Crippen MR) is 78.7 cm³/mol. The van der Waals surface area contributed by atoms with Gasteiger partial charge in [0.1, 0.15) is 6.10 Å². The number of nitrogen functional groups attached to an aromatic ring is 1. The largest absolute Gasteiger partial charge is 0.459 e. The van der Waals surface area contributed by atoms with E-state index in [-0.39, 0.29) is 12.1 Å². The molecule has 0 aliphatic carbocycles. The number of anilines is 1. The number of nitrogens with two attached hydrogens (primary N) is 1. The molecule has 0 saturated carbocycles. The molecular formula is C16H23NO2. The van der Waals surface area contributed by atoms with Gasteiger partial charge in [-0.25, -0.2) is 4.79 Å². The number of ether oxygens (including phenoxy) is 1. The van der Waals surface area contributed by atoms with Crippen LogP contribution in [0.5, 0.6) is 0 Å². The van der Waals surface area contributed by atoms with Gasteiger partial charge in [-0.1, -0.05) is 32.6 Å². The van der Waals surface area contributed by atoms with Crippen LogP contribution < -0.4 is 5.73 Å². The van der Waals surface area contributed by atoms with Crippen LogP contribution >= 0.6 is 0 Å². The third kappa shape index (κ3) is 6.09. The molecule has 3 heteroatoms. The standard InChI is InChI=1S/C16H23NO2/c1-4-16(18)19-15(10-5-12(2)3)11-13-6-8-14(17)9-7-13/h4,6-9,12,15H,1,5,10-11,17H2,2-3H3. The molecule has 1 rings (SSSR count). The van der Waals surface area contributed by atoms with Crippen molar-refractivity contribution in [3.63, 3.8) is 0 Å². The maximum absolute atomic E-state index is 11.4. The smallest absolute Gasteiger partial charge is 0.330 e. The summed E-state index contributed by atoms with van der Waals surface area (Å²) in [7, 11) is 0. The van der Waals surface area contributed by atoms with Crippen LogP contribution in [0.15, 0.2) is 36.9 Å². The number of rotatable bonds is 7. The summed E-state index contributed by atoms with van der Waals surface area (Å²) in [6.45, 7) is 7.76. The van der Waals surface area contributed by atoms with E-state index < -0.39 is 0 Å². The fraction of sp³-hybridized carbons (Fsp3) is 0.438. The average molecular weight is 261 g/mol. The number of esters is 1. The molecule has 1 aromatic rings. The monoisotopic (exact) mass is 261 g/mol. The van der Waals surface area contributed by atoms with Gasteiger partial charge in [-0.15, -0.1) is 0 Å². The Morgan fingerprint density at radius 2 is 1.95 bits per heavy atom. The summed E-state index contributed by atoms with van der Waals surface area (Å²) in [6, 6.07) is 7.67. The SMILES string of the molecule is C=CC(=O)OC(CCC(C)C)Cc1ccc(N)cc1. The second-order valence-electron chi connectivity index (χ2n) is 5.18. The molecule has 3 nitrogen and oxygen atoms in total. The quantitative estimate of drug-likeness (QED) is 0.465. The molecule has 1 aromatic carbocycles. The lowest BCUT2D eigenvalue weighted by Gasteiger charge is -2.18. The summed E-state index contributed by atoms with van der Waals surface area (Å²) in [5.74, 6) is 0.237. The highest BCUT2D eigenvalue weighted by atomic mass is 16.5. The molecule has 0 saturated heterocycles. The van der Waals surface area contributed by atoms with Gasteiger partial charge < -0.3 is 10.5 Å². The molecule has 0 spiro atoms. The Morgan fingerprint density at radius 3 is 2.47 bits per heavy atom. The Morgan fingerprint density at radius 1 is 1.32 bits per heavy atom. The molecule has 0 bridgehead atoms. The van der Waals surface area contributed by atoms with Gasteiger partial charge in [0.15, 0.2) is 0 Å². The van der Waals surface area contributed by atoms with Gasteiger partial charge in [-0.05, 0) is 36.5 Å². The molecule has 0 radical (unpaired) electrons. The summed E-state index contributed by atoms with van der Waals surface area (Å²) < 4.78 is 5.40. The first-order valence-corrected chi connectivity index (χ1v) is 6.68. The van der Waals surface area contributed by atoms with Crippen molar-refractivity contribution in [2.75, 3.05) is 5.73 Å². The van der Waals surface area contributed by atoms with E-state index in [1.165, 1.54) is 6.08 Å². The van der Waals surface area contributed by atoms with Crippen LogP contribution in [0.2, 0.25) is 0 Å². The fourth-order valence-corrected chi connectivity index (χ4v) is 1.85. The Kier molecular flexibility index (Phi) is 6.13. The maximum Gasteiger partial charge on any atom is 0.330 e. The third-order valence-electron chi connectivity index (χ3n) is 2.96. The van der Waals surface area contributed by atoms with Crippen molar-refractivity contribution in [3.05, 3.63) is 42.5 Å². The average Bonchev–Trinajstić information content (AvgIpc) is 2.38. The van der Waals surface area contributed by atoms with Crippen LogP contribution in [0.25, 0.3) is 0 Å². The minimum absolute atomic E-state index is 0.100. The first-order valence-electron chi connectivity index (χ1n) is 6.68. The molecule has 1 atom stereocenters. The number of hydrogen-bond donors (Lipinski definition) is 1. The Balaban J connectivity index is 2.63. The van der Waals surface area contributed by atoms with Gasteiger partial charge in [-0.3, -0.25) is 0 Å².